The van der Waals surface area contributed by atoms with E-state index in [9.17, 15) is 9.59 Å². The van der Waals surface area contributed by atoms with Gasteiger partial charge in [-0.2, -0.15) is 5.10 Å². The molecule has 3 rings (SSSR count). The molecule has 0 aliphatic carbocycles. The Morgan fingerprint density at radius 3 is 2.59 bits per heavy atom. The predicted octanol–water partition coefficient (Wildman–Crippen LogP) is 1.10. The second-order valence-corrected chi connectivity index (χ2v) is 6.24. The molecular formula is C18H24ClN5O3. The van der Waals surface area contributed by atoms with Crippen molar-refractivity contribution in [3.63, 3.8) is 0 Å². The van der Waals surface area contributed by atoms with Gasteiger partial charge >= 0.3 is 0 Å². The first-order chi connectivity index (χ1) is 12.6. The van der Waals surface area contributed by atoms with Gasteiger partial charge in [0.1, 0.15) is 0 Å². The first-order valence-corrected chi connectivity index (χ1v) is 8.64. The third-order valence-corrected chi connectivity index (χ3v) is 4.42. The molecule has 8 nitrogen and oxygen atoms in total. The minimum absolute atomic E-state index is 0. The molecule has 2 heterocycles. The molecule has 1 saturated heterocycles. The summed E-state index contributed by atoms with van der Waals surface area (Å²) in [5, 5.41) is 9.49. The summed E-state index contributed by atoms with van der Waals surface area (Å²) in [6.45, 7) is 1.14. The molecule has 1 aromatic carbocycles. The first kappa shape index (κ1) is 20.9. The maximum absolute atomic E-state index is 12.1. The van der Waals surface area contributed by atoms with E-state index in [-0.39, 0.29) is 36.7 Å². The number of aromatic nitrogens is 2. The number of anilines is 1. The van der Waals surface area contributed by atoms with Crippen LogP contribution in [0.3, 0.4) is 0 Å². The quantitative estimate of drug-likeness (QED) is 0.680. The summed E-state index contributed by atoms with van der Waals surface area (Å²) in [6, 6.07) is 8.49. The number of hydrogen-bond acceptors (Lipinski definition) is 5. The number of nitrogens with two attached hydrogens (primary N) is 1. The van der Waals surface area contributed by atoms with Crippen molar-refractivity contribution in [2.24, 2.45) is 11.7 Å². The van der Waals surface area contributed by atoms with Crippen LogP contribution in [0, 0.1) is 5.92 Å². The molecule has 1 aliphatic heterocycles. The maximum Gasteiger partial charge on any atom is 0.243 e. The van der Waals surface area contributed by atoms with Crippen LogP contribution < -0.4 is 16.4 Å². The third-order valence-electron chi connectivity index (χ3n) is 4.42. The van der Waals surface area contributed by atoms with Crippen molar-refractivity contribution < 1.29 is 14.3 Å². The zero-order chi connectivity index (χ0) is 18.4. The largest absolute Gasteiger partial charge is 0.381 e. The average Bonchev–Trinajstić information content (AvgIpc) is 3.21. The van der Waals surface area contributed by atoms with Crippen molar-refractivity contribution in [2.45, 2.75) is 18.9 Å². The van der Waals surface area contributed by atoms with Gasteiger partial charge in [0, 0.05) is 31.3 Å². The number of benzene rings is 1. The van der Waals surface area contributed by atoms with E-state index in [2.05, 4.69) is 15.7 Å². The fourth-order valence-corrected chi connectivity index (χ4v) is 2.90. The van der Waals surface area contributed by atoms with Gasteiger partial charge in [-0.05, 0) is 49.1 Å². The highest BCUT2D eigenvalue weighted by atomic mass is 35.5. The van der Waals surface area contributed by atoms with E-state index in [4.69, 9.17) is 10.5 Å². The van der Waals surface area contributed by atoms with Crippen molar-refractivity contribution in [2.75, 3.05) is 25.1 Å². The van der Waals surface area contributed by atoms with Crippen LogP contribution in [0.2, 0.25) is 0 Å². The molecule has 1 unspecified atom stereocenters. The van der Waals surface area contributed by atoms with Crippen molar-refractivity contribution in [3.05, 3.63) is 42.7 Å². The molecule has 27 heavy (non-hydrogen) atoms. The van der Waals surface area contributed by atoms with Crippen molar-refractivity contribution in [3.8, 4) is 5.69 Å². The van der Waals surface area contributed by atoms with E-state index in [0.29, 0.717) is 18.9 Å². The molecule has 1 aromatic heterocycles. The van der Waals surface area contributed by atoms with Crippen LogP contribution in [-0.4, -0.2) is 47.4 Å². The Kier molecular flexibility index (Phi) is 7.78. The summed E-state index contributed by atoms with van der Waals surface area (Å²) >= 11 is 0. The number of halogens is 1. The summed E-state index contributed by atoms with van der Waals surface area (Å²) in [5.74, 6) is -0.507. The van der Waals surface area contributed by atoms with Crippen LogP contribution in [0.1, 0.15) is 12.8 Å². The highest BCUT2D eigenvalue weighted by molar-refractivity contribution is 5.95. The van der Waals surface area contributed by atoms with E-state index in [1.807, 2.05) is 24.4 Å². The SMILES string of the molecule is Cl.NC(C(=O)NCC(=O)Nc1ccc(-n2cccn2)cc1)C1CCOCC1. The Morgan fingerprint density at radius 1 is 1.26 bits per heavy atom. The molecule has 1 aliphatic rings. The van der Waals surface area contributed by atoms with Gasteiger partial charge in [0.05, 0.1) is 18.3 Å². The zero-order valence-electron chi connectivity index (χ0n) is 14.8. The number of ether oxygens (including phenoxy) is 1. The monoisotopic (exact) mass is 393 g/mol. The van der Waals surface area contributed by atoms with Crippen LogP contribution in [0.4, 0.5) is 5.69 Å². The lowest BCUT2D eigenvalue weighted by Gasteiger charge is -2.26. The van der Waals surface area contributed by atoms with Gasteiger partial charge in [-0.3, -0.25) is 9.59 Å². The lowest BCUT2D eigenvalue weighted by atomic mass is 9.92. The van der Waals surface area contributed by atoms with Gasteiger partial charge in [0.15, 0.2) is 0 Å². The fourth-order valence-electron chi connectivity index (χ4n) is 2.90. The van der Waals surface area contributed by atoms with Crippen LogP contribution in [0.25, 0.3) is 5.69 Å². The number of nitrogens with zero attached hydrogens (tertiary/aromatic N) is 2. The molecule has 0 saturated carbocycles. The smallest absolute Gasteiger partial charge is 0.243 e. The number of carbonyl (C=O) groups is 2. The molecule has 9 heteroatoms. The van der Waals surface area contributed by atoms with Gasteiger partial charge in [0.25, 0.3) is 0 Å². The molecular weight excluding hydrogens is 370 g/mol. The minimum atomic E-state index is -0.611. The molecule has 0 radical (unpaired) electrons. The molecule has 2 aromatic rings. The van der Waals surface area contributed by atoms with E-state index < -0.39 is 6.04 Å². The summed E-state index contributed by atoms with van der Waals surface area (Å²) in [4.78, 5) is 24.1. The van der Waals surface area contributed by atoms with E-state index in [0.717, 1.165) is 18.5 Å². The van der Waals surface area contributed by atoms with E-state index >= 15 is 0 Å². The first-order valence-electron chi connectivity index (χ1n) is 8.64. The van der Waals surface area contributed by atoms with Crippen molar-refractivity contribution >= 4 is 29.9 Å². The Balaban J connectivity index is 0.00000261. The van der Waals surface area contributed by atoms with Gasteiger partial charge in [-0.25, -0.2) is 4.68 Å². The van der Waals surface area contributed by atoms with E-state index in [1.165, 1.54) is 0 Å². The predicted molar refractivity (Wildman–Crippen MR) is 104 cm³/mol. The second-order valence-electron chi connectivity index (χ2n) is 6.24. The molecule has 4 N–H and O–H groups in total. The van der Waals surface area contributed by atoms with Crippen molar-refractivity contribution in [1.82, 2.24) is 15.1 Å². The Bertz CT molecular complexity index is 730. The number of hydrogen-bond donors (Lipinski definition) is 3. The van der Waals surface area contributed by atoms with Crippen LogP contribution >= 0.6 is 12.4 Å². The van der Waals surface area contributed by atoms with Crippen LogP contribution in [0.15, 0.2) is 42.7 Å². The highest BCUT2D eigenvalue weighted by Gasteiger charge is 2.26. The number of amides is 2. The molecule has 0 spiro atoms. The van der Waals surface area contributed by atoms with Gasteiger partial charge in [-0.15, -0.1) is 12.4 Å². The lowest BCUT2D eigenvalue weighted by Crippen LogP contribution is -2.48. The fraction of sp³-hybridized carbons (Fsp3) is 0.389. The van der Waals surface area contributed by atoms with Gasteiger partial charge < -0.3 is 21.1 Å². The molecule has 1 fully saturated rings. The Morgan fingerprint density at radius 2 is 1.96 bits per heavy atom. The Hall–Kier alpha value is -2.42. The summed E-state index contributed by atoms with van der Waals surface area (Å²) in [6.07, 6.45) is 5.07. The van der Waals surface area contributed by atoms with Crippen LogP contribution in [-0.2, 0) is 14.3 Å². The summed E-state index contributed by atoms with van der Waals surface area (Å²) in [7, 11) is 0. The van der Waals surface area contributed by atoms with E-state index in [1.54, 1.807) is 23.0 Å². The normalized spacial score (nSPS) is 15.4. The van der Waals surface area contributed by atoms with Crippen molar-refractivity contribution in [1.29, 1.82) is 0 Å². The van der Waals surface area contributed by atoms with Crippen LogP contribution in [0.5, 0.6) is 0 Å². The zero-order valence-corrected chi connectivity index (χ0v) is 15.7. The topological polar surface area (TPSA) is 111 Å². The second kappa shape index (κ2) is 10.1. The lowest BCUT2D eigenvalue weighted by molar-refractivity contribution is -0.126. The average molecular weight is 394 g/mol. The number of carbonyl (C=O) groups excluding carboxylic acids is 2. The van der Waals surface area contributed by atoms with Gasteiger partial charge in [0.2, 0.25) is 11.8 Å². The molecule has 1 atom stereocenters. The van der Waals surface area contributed by atoms with Gasteiger partial charge in [-0.1, -0.05) is 0 Å². The minimum Gasteiger partial charge on any atom is -0.381 e. The molecule has 0 bridgehead atoms. The number of nitrogens with one attached hydrogen (secondary N) is 2. The summed E-state index contributed by atoms with van der Waals surface area (Å²) in [5.41, 5.74) is 7.53. The maximum atomic E-state index is 12.1. The Labute approximate surface area is 163 Å². The highest BCUT2D eigenvalue weighted by Crippen LogP contribution is 2.17. The molecule has 2 amide bonds. The number of rotatable bonds is 6. The molecule has 146 valence electrons. The third kappa shape index (κ3) is 5.78. The summed E-state index contributed by atoms with van der Waals surface area (Å²) < 4.78 is 7.00. The standard InChI is InChI=1S/C18H23N5O3.ClH/c19-17(13-6-10-26-11-7-13)18(25)20-12-16(24)22-14-2-4-15(5-3-14)23-9-1-8-21-23;/h1-5,8-9,13,17H,6-7,10-12,19H2,(H,20,25)(H,22,24);1H.